The Morgan fingerprint density at radius 1 is 0.931 bits per heavy atom. The van der Waals surface area contributed by atoms with Gasteiger partial charge < -0.3 is 15.1 Å². The number of rotatable bonds is 3. The topological polar surface area (TPSA) is 55.9 Å². The Kier molecular flexibility index (Phi) is 7.49. The smallest absolute Gasteiger partial charge is 0.253 e. The van der Waals surface area contributed by atoms with Crippen LogP contribution in [-0.4, -0.2) is 84.9 Å². The van der Waals surface area contributed by atoms with E-state index in [2.05, 4.69) is 10.2 Å². The Morgan fingerprint density at radius 3 is 2.38 bits per heavy atom. The molecule has 2 unspecified atom stereocenters. The van der Waals surface area contributed by atoms with Crippen molar-refractivity contribution in [1.82, 2.24) is 20.0 Å². The van der Waals surface area contributed by atoms with Gasteiger partial charge in [0.15, 0.2) is 0 Å². The van der Waals surface area contributed by atoms with E-state index in [-0.39, 0.29) is 36.0 Å². The molecule has 4 rings (SSSR count). The number of hydrogen-bond acceptors (Lipinski definition) is 4. The fourth-order valence-corrected chi connectivity index (χ4v) is 4.68. The molecule has 2 amide bonds. The van der Waals surface area contributed by atoms with Crippen LogP contribution < -0.4 is 5.32 Å². The zero-order valence-corrected chi connectivity index (χ0v) is 17.5. The van der Waals surface area contributed by atoms with Crippen LogP contribution in [0, 0.1) is 11.7 Å². The van der Waals surface area contributed by atoms with E-state index in [0.717, 1.165) is 58.5 Å². The molecule has 3 saturated heterocycles. The number of nitrogens with zero attached hydrogens (tertiary/aromatic N) is 3. The van der Waals surface area contributed by atoms with E-state index in [0.29, 0.717) is 24.7 Å². The highest BCUT2D eigenvalue weighted by Crippen LogP contribution is 2.24. The Hall–Kier alpha value is -1.70. The van der Waals surface area contributed by atoms with Gasteiger partial charge in [-0.1, -0.05) is 0 Å². The maximum Gasteiger partial charge on any atom is 0.253 e. The lowest BCUT2D eigenvalue weighted by Gasteiger charge is -2.35. The van der Waals surface area contributed by atoms with Crippen molar-refractivity contribution in [2.45, 2.75) is 25.3 Å². The first-order valence-electron chi connectivity index (χ1n) is 10.4. The first-order valence-corrected chi connectivity index (χ1v) is 10.4. The van der Waals surface area contributed by atoms with Gasteiger partial charge in [-0.3, -0.25) is 14.5 Å². The van der Waals surface area contributed by atoms with Crippen molar-refractivity contribution in [2.24, 2.45) is 5.92 Å². The van der Waals surface area contributed by atoms with Gasteiger partial charge in [0.05, 0.1) is 5.92 Å². The van der Waals surface area contributed by atoms with E-state index in [4.69, 9.17) is 0 Å². The molecule has 1 aromatic rings. The van der Waals surface area contributed by atoms with Gasteiger partial charge in [-0.2, -0.15) is 0 Å². The molecule has 0 aliphatic carbocycles. The summed E-state index contributed by atoms with van der Waals surface area (Å²) in [5.41, 5.74) is 0.481. The van der Waals surface area contributed by atoms with Crippen LogP contribution in [0.25, 0.3) is 0 Å². The molecule has 0 aromatic heterocycles. The lowest BCUT2D eigenvalue weighted by Crippen LogP contribution is -2.50. The van der Waals surface area contributed by atoms with Gasteiger partial charge in [0.2, 0.25) is 5.91 Å². The number of amides is 2. The molecule has 1 N–H and O–H groups in total. The molecule has 3 fully saturated rings. The molecule has 6 nitrogen and oxygen atoms in total. The maximum absolute atomic E-state index is 13.1. The number of piperidine rings is 1. The molecule has 2 atom stereocenters. The fraction of sp³-hybridized carbons (Fsp3) is 0.619. The van der Waals surface area contributed by atoms with E-state index >= 15 is 0 Å². The molecule has 0 radical (unpaired) electrons. The predicted octanol–water partition coefficient (Wildman–Crippen LogP) is 1.61. The Bertz CT molecular complexity index is 711. The van der Waals surface area contributed by atoms with Crippen LogP contribution in [-0.2, 0) is 4.79 Å². The summed E-state index contributed by atoms with van der Waals surface area (Å²) >= 11 is 0. The zero-order chi connectivity index (χ0) is 19.5. The summed E-state index contributed by atoms with van der Waals surface area (Å²) in [6, 6.07) is 6.11. The molecular formula is C21H30ClFN4O2. The summed E-state index contributed by atoms with van der Waals surface area (Å²) in [6.45, 7) is 6.89. The summed E-state index contributed by atoms with van der Waals surface area (Å²) in [5, 5.41) is 3.38. The quantitative estimate of drug-likeness (QED) is 0.801. The van der Waals surface area contributed by atoms with Gasteiger partial charge in [-0.05, 0) is 43.5 Å². The monoisotopic (exact) mass is 424 g/mol. The minimum atomic E-state index is -0.351. The van der Waals surface area contributed by atoms with Gasteiger partial charge in [0.25, 0.3) is 5.91 Å². The summed E-state index contributed by atoms with van der Waals surface area (Å²) in [4.78, 5) is 32.1. The van der Waals surface area contributed by atoms with Gasteiger partial charge in [-0.25, -0.2) is 4.39 Å². The van der Waals surface area contributed by atoms with Gasteiger partial charge in [0.1, 0.15) is 5.82 Å². The molecule has 160 valence electrons. The second-order valence-electron chi connectivity index (χ2n) is 8.11. The van der Waals surface area contributed by atoms with E-state index < -0.39 is 0 Å². The highest BCUT2D eigenvalue weighted by Gasteiger charge is 2.36. The molecule has 3 aliphatic rings. The zero-order valence-electron chi connectivity index (χ0n) is 16.7. The van der Waals surface area contributed by atoms with Crippen molar-refractivity contribution in [3.05, 3.63) is 35.6 Å². The van der Waals surface area contributed by atoms with Crippen LogP contribution >= 0.6 is 12.4 Å². The van der Waals surface area contributed by atoms with E-state index in [1.54, 1.807) is 4.90 Å². The molecule has 0 bridgehead atoms. The lowest BCUT2D eigenvalue weighted by atomic mass is 9.96. The highest BCUT2D eigenvalue weighted by atomic mass is 35.5. The predicted molar refractivity (Wildman–Crippen MR) is 112 cm³/mol. The molecule has 0 spiro atoms. The number of piperazine rings is 1. The van der Waals surface area contributed by atoms with Gasteiger partial charge in [-0.15, -0.1) is 12.4 Å². The number of nitrogens with one attached hydrogen (secondary N) is 1. The molecule has 8 heteroatoms. The first-order chi connectivity index (χ1) is 13.6. The SMILES string of the molecule is Cl.O=C(c1ccc(F)cc1)N1CCCC(C(=O)N2CCC(N3CCNCC3)C2)C1. The Labute approximate surface area is 177 Å². The van der Waals surface area contributed by atoms with Crippen LogP contribution in [0.3, 0.4) is 0 Å². The molecule has 29 heavy (non-hydrogen) atoms. The third-order valence-electron chi connectivity index (χ3n) is 6.29. The van der Waals surface area contributed by atoms with Crippen LogP contribution in [0.4, 0.5) is 4.39 Å². The molecule has 0 saturated carbocycles. The van der Waals surface area contributed by atoms with E-state index in [9.17, 15) is 14.0 Å². The first kappa shape index (κ1) is 22.0. The van der Waals surface area contributed by atoms with Crippen molar-refractivity contribution in [2.75, 3.05) is 52.4 Å². The van der Waals surface area contributed by atoms with Crippen LogP contribution in [0.15, 0.2) is 24.3 Å². The fourth-order valence-electron chi connectivity index (χ4n) is 4.68. The number of hydrogen-bond donors (Lipinski definition) is 1. The second kappa shape index (κ2) is 9.87. The summed E-state index contributed by atoms with van der Waals surface area (Å²) in [5.74, 6) is -0.400. The van der Waals surface area contributed by atoms with Crippen molar-refractivity contribution >= 4 is 24.2 Å². The standard InChI is InChI=1S/C21H29FN4O2.ClH/c22-18-5-3-16(4-6-18)20(27)25-10-1-2-17(14-25)21(28)26-11-7-19(15-26)24-12-8-23-9-13-24;/h3-6,17,19,23H,1-2,7-15H2;1H. The van der Waals surface area contributed by atoms with E-state index in [1.165, 1.54) is 24.3 Å². The van der Waals surface area contributed by atoms with Crippen LogP contribution in [0.2, 0.25) is 0 Å². The average Bonchev–Trinajstić information content (AvgIpc) is 3.24. The van der Waals surface area contributed by atoms with Gasteiger partial charge >= 0.3 is 0 Å². The average molecular weight is 425 g/mol. The second-order valence-corrected chi connectivity index (χ2v) is 8.11. The summed E-state index contributed by atoms with van der Waals surface area (Å²) < 4.78 is 13.1. The molecule has 1 aromatic carbocycles. The van der Waals surface area contributed by atoms with Crippen molar-refractivity contribution in [1.29, 1.82) is 0 Å². The number of carbonyl (C=O) groups excluding carboxylic acids is 2. The third kappa shape index (κ3) is 5.08. The van der Waals surface area contributed by atoms with E-state index in [1.807, 2.05) is 4.90 Å². The molecule has 3 heterocycles. The van der Waals surface area contributed by atoms with Gasteiger partial charge in [0, 0.05) is 64.0 Å². The molecule has 3 aliphatic heterocycles. The van der Waals surface area contributed by atoms with Crippen molar-refractivity contribution < 1.29 is 14.0 Å². The lowest BCUT2D eigenvalue weighted by molar-refractivity contribution is -0.136. The van der Waals surface area contributed by atoms with Crippen molar-refractivity contribution in [3.8, 4) is 0 Å². The Balaban J connectivity index is 0.00000240. The summed E-state index contributed by atoms with van der Waals surface area (Å²) in [6.07, 6.45) is 2.70. The number of halogens is 2. The Morgan fingerprint density at radius 2 is 1.66 bits per heavy atom. The van der Waals surface area contributed by atoms with Crippen molar-refractivity contribution in [3.63, 3.8) is 0 Å². The number of likely N-dealkylation sites (tertiary alicyclic amines) is 2. The number of benzene rings is 1. The normalized spacial score (nSPS) is 25.6. The minimum absolute atomic E-state index is 0. The summed E-state index contributed by atoms with van der Waals surface area (Å²) in [7, 11) is 0. The third-order valence-corrected chi connectivity index (χ3v) is 6.29. The van der Waals surface area contributed by atoms with Crippen LogP contribution in [0.5, 0.6) is 0 Å². The molecular weight excluding hydrogens is 395 g/mol. The van der Waals surface area contributed by atoms with Crippen LogP contribution in [0.1, 0.15) is 29.6 Å². The minimum Gasteiger partial charge on any atom is -0.341 e. The number of carbonyl (C=O) groups is 2. The highest BCUT2D eigenvalue weighted by molar-refractivity contribution is 5.94. The largest absolute Gasteiger partial charge is 0.341 e. The maximum atomic E-state index is 13.1.